The number of aliphatic hydroxyl groups excluding tert-OH is 1. The molecule has 0 unspecified atom stereocenters. The predicted octanol–water partition coefficient (Wildman–Crippen LogP) is 7.67. The third-order valence-electron chi connectivity index (χ3n) is 15.4. The predicted molar refractivity (Wildman–Crippen MR) is 292 cm³/mol. The van der Waals surface area contributed by atoms with Crippen LogP contribution in [0.2, 0.25) is 0 Å². The molecule has 5 heterocycles. The maximum Gasteiger partial charge on any atom is 0.246 e. The first-order valence-electron chi connectivity index (χ1n) is 26.1. The van der Waals surface area contributed by atoms with Gasteiger partial charge in [-0.1, -0.05) is 45.0 Å². The molecule has 3 atom stereocenters. The van der Waals surface area contributed by atoms with E-state index < -0.39 is 46.6 Å². The van der Waals surface area contributed by atoms with Gasteiger partial charge in [-0.2, -0.15) is 0 Å². The average Bonchev–Trinajstić information content (AvgIpc) is 3.98. The number of methoxy groups -OCH3 is 1. The van der Waals surface area contributed by atoms with Crippen molar-refractivity contribution in [1.29, 1.82) is 0 Å². The van der Waals surface area contributed by atoms with Crippen LogP contribution in [0.5, 0.6) is 17.2 Å². The normalized spacial score (nSPS) is 19.0. The Morgan fingerprint density at radius 3 is 2.12 bits per heavy atom. The van der Waals surface area contributed by atoms with Crippen molar-refractivity contribution in [3.8, 4) is 27.7 Å². The molecule has 0 radical (unpaired) electrons. The topological polar surface area (TPSA) is 208 Å². The molecule has 402 valence electrons. The lowest BCUT2D eigenvalue weighted by atomic mass is 9.84. The second-order valence-corrected chi connectivity index (χ2v) is 22.6. The van der Waals surface area contributed by atoms with Crippen molar-refractivity contribution in [2.75, 3.05) is 55.4 Å². The lowest BCUT2D eigenvalue weighted by Crippen LogP contribution is -2.63. The van der Waals surface area contributed by atoms with Gasteiger partial charge in [-0.3, -0.25) is 33.9 Å². The van der Waals surface area contributed by atoms with Gasteiger partial charge >= 0.3 is 0 Å². The Kier molecular flexibility index (Phi) is 15.0. The molecule has 5 amide bonds. The van der Waals surface area contributed by atoms with Crippen LogP contribution in [0, 0.1) is 29.5 Å². The van der Waals surface area contributed by atoms with Crippen LogP contribution in [0.15, 0.2) is 103 Å². The molecule has 1 saturated carbocycles. The third-order valence-corrected chi connectivity index (χ3v) is 16.3. The first kappa shape index (κ1) is 52.9. The summed E-state index contributed by atoms with van der Waals surface area (Å²) < 4.78 is 25.7. The third kappa shape index (κ3) is 11.5. The number of carbonyl (C=O) groups excluding carboxylic acids is 5. The number of aliphatic hydroxyl groups is 1. The maximum absolute atomic E-state index is 14.3. The molecular formula is C58H64FN9O8S. The van der Waals surface area contributed by atoms with Gasteiger partial charge in [0.25, 0.3) is 0 Å². The molecule has 77 heavy (non-hydrogen) atoms. The number of likely N-dealkylation sites (tertiary alicyclic amines) is 2. The van der Waals surface area contributed by atoms with Crippen molar-refractivity contribution in [1.82, 2.24) is 30.4 Å². The van der Waals surface area contributed by atoms with E-state index in [0.29, 0.717) is 54.6 Å². The standard InChI is InChI=1S/C58H64FN9O8S/c1-34-50(77-33-62-34)36-8-6-35(7-9-36)29-61-53(71)47-26-42(69)32-68(47)54(72)51(57(2,3)4)65-52(70)37-30-67(31-37)41-19-24-66(25-20-41)46-28-45-44(27-49(46)75-5)48(18-23-60-45)76-43-16-14-40(15-17-43)64-56(74)58(21-22-58)55(73)63-39-12-10-38(59)11-13-39/h6-18,23,27-28,33,37,41-42,47,51,69H,19-22,24-26,29-32H2,1-5H3,(H,61,71)(H,63,73)(H,64,74)(H,65,70)/t42-,47+,51-/m1/s1. The second-order valence-electron chi connectivity index (χ2n) is 21.7. The first-order valence-corrected chi connectivity index (χ1v) is 27.0. The van der Waals surface area contributed by atoms with Gasteiger partial charge < -0.3 is 45.6 Å². The quantitative estimate of drug-likeness (QED) is 0.0592. The zero-order valence-electron chi connectivity index (χ0n) is 43.8. The molecule has 6 aromatic rings. The van der Waals surface area contributed by atoms with E-state index in [0.717, 1.165) is 64.2 Å². The highest BCUT2D eigenvalue weighted by Crippen LogP contribution is 2.48. The molecule has 1 aliphatic carbocycles. The maximum atomic E-state index is 14.3. The molecule has 4 aromatic carbocycles. The van der Waals surface area contributed by atoms with E-state index in [-0.39, 0.29) is 49.2 Å². The highest BCUT2D eigenvalue weighted by molar-refractivity contribution is 7.13. The van der Waals surface area contributed by atoms with Crippen molar-refractivity contribution >= 4 is 68.8 Å². The highest BCUT2D eigenvalue weighted by Gasteiger charge is 2.56. The molecule has 2 aromatic heterocycles. The van der Waals surface area contributed by atoms with Gasteiger partial charge in [0.1, 0.15) is 40.6 Å². The minimum atomic E-state index is -1.19. The van der Waals surface area contributed by atoms with E-state index in [1.165, 1.54) is 29.2 Å². The number of thiazole rings is 1. The summed E-state index contributed by atoms with van der Waals surface area (Å²) in [5, 5.41) is 23.1. The van der Waals surface area contributed by atoms with Gasteiger partial charge in [0.2, 0.25) is 29.5 Å². The molecule has 0 spiro atoms. The van der Waals surface area contributed by atoms with Gasteiger partial charge in [-0.05, 0) is 116 Å². The van der Waals surface area contributed by atoms with Crippen molar-refractivity contribution in [2.24, 2.45) is 16.7 Å². The number of halogens is 1. The molecule has 10 rings (SSSR count). The van der Waals surface area contributed by atoms with Crippen LogP contribution in [-0.2, 0) is 30.5 Å². The first-order chi connectivity index (χ1) is 37.0. The summed E-state index contributed by atoms with van der Waals surface area (Å²) in [5.74, 6) is -0.716. The number of fused-ring (bicyclic) bond motifs is 1. The van der Waals surface area contributed by atoms with Gasteiger partial charge in [0.15, 0.2) is 0 Å². The Bertz CT molecular complexity index is 3170. The fraction of sp³-hybridized carbons (Fsp3) is 0.397. The molecule has 17 nitrogen and oxygen atoms in total. The van der Waals surface area contributed by atoms with E-state index in [4.69, 9.17) is 9.47 Å². The van der Waals surface area contributed by atoms with E-state index in [1.54, 1.807) is 55.0 Å². The number of rotatable bonds is 16. The van der Waals surface area contributed by atoms with Crippen molar-refractivity contribution in [3.63, 3.8) is 0 Å². The van der Waals surface area contributed by atoms with Gasteiger partial charge in [-0.15, -0.1) is 11.3 Å². The summed E-state index contributed by atoms with van der Waals surface area (Å²) in [6.45, 7) is 10.6. The molecule has 0 bridgehead atoms. The van der Waals surface area contributed by atoms with Crippen LogP contribution >= 0.6 is 11.3 Å². The molecule has 19 heteroatoms. The summed E-state index contributed by atoms with van der Waals surface area (Å²) in [5.41, 5.74) is 5.44. The number of hydrogen-bond donors (Lipinski definition) is 5. The fourth-order valence-electron chi connectivity index (χ4n) is 10.6. The van der Waals surface area contributed by atoms with Crippen LogP contribution in [-0.4, -0.2) is 118 Å². The fourth-order valence-corrected chi connectivity index (χ4v) is 11.4. The van der Waals surface area contributed by atoms with E-state index in [2.05, 4.69) is 41.0 Å². The molecular weight excluding hydrogens is 1000 g/mol. The summed E-state index contributed by atoms with van der Waals surface area (Å²) in [4.78, 5) is 84.3. The van der Waals surface area contributed by atoms with Crippen molar-refractivity contribution in [2.45, 2.75) is 90.6 Å². The van der Waals surface area contributed by atoms with Crippen LogP contribution in [0.25, 0.3) is 21.3 Å². The van der Waals surface area contributed by atoms with Crippen LogP contribution in [0.3, 0.4) is 0 Å². The summed E-state index contributed by atoms with van der Waals surface area (Å²) >= 11 is 1.58. The number of ether oxygens (including phenoxy) is 2. The summed E-state index contributed by atoms with van der Waals surface area (Å²) in [6.07, 6.45) is 3.50. The Morgan fingerprint density at radius 1 is 0.844 bits per heavy atom. The Morgan fingerprint density at radius 2 is 1.51 bits per heavy atom. The summed E-state index contributed by atoms with van der Waals surface area (Å²) in [7, 11) is 1.64. The van der Waals surface area contributed by atoms with Gasteiger partial charge in [0.05, 0.1) is 46.4 Å². The number of nitrogens with zero attached hydrogens (tertiary/aromatic N) is 5. The number of amides is 5. The second kappa shape index (κ2) is 21.9. The zero-order valence-corrected chi connectivity index (χ0v) is 44.6. The number of benzene rings is 4. The van der Waals surface area contributed by atoms with Gasteiger partial charge in [-0.25, -0.2) is 9.37 Å². The van der Waals surface area contributed by atoms with Crippen molar-refractivity contribution in [3.05, 3.63) is 120 Å². The smallest absolute Gasteiger partial charge is 0.246 e. The number of nitrogens with one attached hydrogen (secondary N) is 4. The van der Waals surface area contributed by atoms with Crippen LogP contribution in [0.1, 0.15) is 64.1 Å². The van der Waals surface area contributed by atoms with E-state index in [9.17, 15) is 33.5 Å². The number of hydrogen-bond acceptors (Lipinski definition) is 13. The molecule has 4 fully saturated rings. The number of aromatic nitrogens is 2. The van der Waals surface area contributed by atoms with E-state index >= 15 is 0 Å². The van der Waals surface area contributed by atoms with Crippen molar-refractivity contribution < 1.29 is 42.9 Å². The van der Waals surface area contributed by atoms with Crippen LogP contribution < -0.4 is 35.6 Å². The molecule has 3 saturated heterocycles. The molecule has 4 aliphatic rings. The number of β-amino-alcohol motifs (C(OH)–C–C–N with tert-alkyl or cyclic N) is 1. The molecule has 3 aliphatic heterocycles. The number of pyridine rings is 1. The number of aryl methyl sites for hydroxylation is 1. The lowest BCUT2D eigenvalue weighted by Gasteiger charge is -2.47. The molecule has 5 N–H and O–H groups in total. The largest absolute Gasteiger partial charge is 0.495 e. The van der Waals surface area contributed by atoms with Crippen LogP contribution in [0.4, 0.5) is 21.5 Å². The number of anilines is 3. The number of piperidine rings is 1. The van der Waals surface area contributed by atoms with E-state index in [1.807, 2.05) is 69.6 Å². The number of carbonyl (C=O) groups is 5. The Balaban J connectivity index is 0.703. The minimum absolute atomic E-state index is 0.00509. The lowest BCUT2D eigenvalue weighted by molar-refractivity contribution is -0.146. The Hall–Kier alpha value is -7.48. The zero-order chi connectivity index (χ0) is 54.2. The highest BCUT2D eigenvalue weighted by atomic mass is 32.1. The SMILES string of the molecule is COc1cc2c(Oc3ccc(NC(=O)C4(C(=O)Nc5ccc(F)cc5)CC4)cc3)ccnc2cc1N1CCC(N2CC(C(=O)N[C@H](C(=O)N3C[C@H](O)C[C@H]3C(=O)NCc3ccc(-c4scnc4C)cc3)C(C)(C)C)C2)CC1. The monoisotopic (exact) mass is 1070 g/mol. The van der Waals surface area contributed by atoms with Gasteiger partial charge in [0, 0.05) is 74.7 Å². The minimum Gasteiger partial charge on any atom is -0.495 e. The Labute approximate surface area is 450 Å². The summed E-state index contributed by atoms with van der Waals surface area (Å²) in [6, 6.07) is 24.4. The average molecular weight is 1070 g/mol.